The fourth-order valence-corrected chi connectivity index (χ4v) is 2.21. The minimum atomic E-state index is -0.487. The minimum absolute atomic E-state index is 0.103. The first-order valence-electron chi connectivity index (χ1n) is 5.97. The molecule has 1 N–H and O–H groups in total. The van der Waals surface area contributed by atoms with E-state index in [1.165, 1.54) is 12.3 Å². The normalized spacial score (nSPS) is 10.7. The number of pyridine rings is 1. The lowest BCUT2D eigenvalue weighted by Crippen LogP contribution is -2.11. The molecule has 0 radical (unpaired) electrons. The molecule has 2 heterocycles. The van der Waals surface area contributed by atoms with Gasteiger partial charge in [0.25, 0.3) is 0 Å². The standard InChI is InChI=1S/C12H9BrN6O2/c13-8-5-11(19(20)21)12(14-6-8)15-7-18-10-4-2-1-3-9(10)16-17-18/h1-6H,7H2,(H,14,15). The first-order chi connectivity index (χ1) is 10.1. The first kappa shape index (κ1) is 13.4. The summed E-state index contributed by atoms with van der Waals surface area (Å²) >= 11 is 3.16. The number of nitrogens with one attached hydrogen (secondary N) is 1. The van der Waals surface area contributed by atoms with Gasteiger partial charge >= 0.3 is 5.69 Å². The highest BCUT2D eigenvalue weighted by Gasteiger charge is 2.16. The van der Waals surface area contributed by atoms with Crippen LogP contribution in [-0.2, 0) is 6.67 Å². The number of para-hydroxylation sites is 1. The van der Waals surface area contributed by atoms with Gasteiger partial charge in [-0.3, -0.25) is 10.1 Å². The summed E-state index contributed by atoms with van der Waals surface area (Å²) in [7, 11) is 0. The van der Waals surface area contributed by atoms with Crippen molar-refractivity contribution in [3.8, 4) is 0 Å². The molecule has 3 rings (SSSR count). The molecule has 8 nitrogen and oxygen atoms in total. The van der Waals surface area contributed by atoms with Gasteiger partial charge in [0.2, 0.25) is 5.82 Å². The number of aromatic nitrogens is 4. The zero-order valence-corrected chi connectivity index (χ0v) is 12.2. The number of anilines is 1. The summed E-state index contributed by atoms with van der Waals surface area (Å²) in [6.07, 6.45) is 1.49. The van der Waals surface area contributed by atoms with E-state index in [4.69, 9.17) is 0 Å². The molecule has 0 fully saturated rings. The molecule has 106 valence electrons. The summed E-state index contributed by atoms with van der Waals surface area (Å²) in [4.78, 5) is 14.5. The summed E-state index contributed by atoms with van der Waals surface area (Å²) in [6.45, 7) is 0.232. The van der Waals surface area contributed by atoms with Gasteiger partial charge in [-0.15, -0.1) is 5.10 Å². The van der Waals surface area contributed by atoms with Crippen molar-refractivity contribution in [1.82, 2.24) is 20.0 Å². The van der Waals surface area contributed by atoms with Crippen LogP contribution in [0.2, 0.25) is 0 Å². The van der Waals surface area contributed by atoms with Crippen LogP contribution in [0.5, 0.6) is 0 Å². The molecule has 2 aromatic heterocycles. The Kier molecular flexibility index (Phi) is 3.48. The quantitative estimate of drug-likeness (QED) is 0.574. The second-order valence-electron chi connectivity index (χ2n) is 4.19. The molecule has 0 saturated heterocycles. The summed E-state index contributed by atoms with van der Waals surface area (Å²) in [5.74, 6) is 0.183. The Labute approximate surface area is 127 Å². The molecule has 21 heavy (non-hydrogen) atoms. The molecule has 0 amide bonds. The van der Waals surface area contributed by atoms with E-state index in [0.717, 1.165) is 11.0 Å². The van der Waals surface area contributed by atoms with E-state index in [9.17, 15) is 10.1 Å². The van der Waals surface area contributed by atoms with Gasteiger partial charge in [0, 0.05) is 16.7 Å². The third-order valence-corrected chi connectivity index (χ3v) is 3.28. The summed E-state index contributed by atoms with van der Waals surface area (Å²) in [5, 5.41) is 21.9. The SMILES string of the molecule is O=[N+]([O-])c1cc(Br)cnc1NCn1nnc2ccccc21. The predicted octanol–water partition coefficient (Wildman–Crippen LogP) is 2.57. The van der Waals surface area contributed by atoms with Crippen LogP contribution in [0.3, 0.4) is 0 Å². The molecule has 0 aliphatic heterocycles. The van der Waals surface area contributed by atoms with Gasteiger partial charge in [0.05, 0.1) is 10.4 Å². The van der Waals surface area contributed by atoms with E-state index < -0.39 is 4.92 Å². The maximum atomic E-state index is 11.0. The van der Waals surface area contributed by atoms with Gasteiger partial charge in [-0.25, -0.2) is 9.67 Å². The predicted molar refractivity (Wildman–Crippen MR) is 79.7 cm³/mol. The van der Waals surface area contributed by atoms with Crippen molar-refractivity contribution >= 4 is 38.5 Å². The fourth-order valence-electron chi connectivity index (χ4n) is 1.89. The fraction of sp³-hybridized carbons (Fsp3) is 0.0833. The number of nitrogens with zero attached hydrogens (tertiary/aromatic N) is 5. The van der Waals surface area contributed by atoms with Crippen molar-refractivity contribution in [1.29, 1.82) is 0 Å². The van der Waals surface area contributed by atoms with Gasteiger partial charge in [0.1, 0.15) is 12.2 Å². The lowest BCUT2D eigenvalue weighted by atomic mass is 10.3. The van der Waals surface area contributed by atoms with Gasteiger partial charge in [-0.2, -0.15) is 0 Å². The van der Waals surface area contributed by atoms with Crippen LogP contribution in [0.25, 0.3) is 11.0 Å². The average Bonchev–Trinajstić information content (AvgIpc) is 2.89. The molecule has 0 aliphatic carbocycles. The molecule has 0 bridgehead atoms. The average molecular weight is 349 g/mol. The first-order valence-corrected chi connectivity index (χ1v) is 6.76. The number of fused-ring (bicyclic) bond motifs is 1. The molecule has 0 aliphatic rings. The van der Waals surface area contributed by atoms with Gasteiger partial charge in [-0.05, 0) is 28.1 Å². The molecular weight excluding hydrogens is 340 g/mol. The van der Waals surface area contributed by atoms with Crippen molar-refractivity contribution in [2.24, 2.45) is 0 Å². The van der Waals surface area contributed by atoms with Gasteiger partial charge in [0.15, 0.2) is 0 Å². The molecule has 0 spiro atoms. The van der Waals surface area contributed by atoms with E-state index in [1.54, 1.807) is 4.68 Å². The van der Waals surface area contributed by atoms with Crippen LogP contribution in [-0.4, -0.2) is 24.9 Å². The topological polar surface area (TPSA) is 98.8 Å². The highest BCUT2D eigenvalue weighted by atomic mass is 79.9. The van der Waals surface area contributed by atoms with E-state index in [-0.39, 0.29) is 18.2 Å². The number of rotatable bonds is 4. The molecular formula is C12H9BrN6O2. The van der Waals surface area contributed by atoms with Crippen molar-refractivity contribution in [3.63, 3.8) is 0 Å². The van der Waals surface area contributed by atoms with E-state index in [0.29, 0.717) is 4.47 Å². The van der Waals surface area contributed by atoms with Crippen LogP contribution in [0, 0.1) is 10.1 Å². The zero-order chi connectivity index (χ0) is 14.8. The Hall–Kier alpha value is -2.55. The maximum Gasteiger partial charge on any atom is 0.312 e. The van der Waals surface area contributed by atoms with E-state index in [2.05, 4.69) is 36.5 Å². The van der Waals surface area contributed by atoms with Crippen molar-refractivity contribution < 1.29 is 4.92 Å². The Morgan fingerprint density at radius 2 is 2.19 bits per heavy atom. The lowest BCUT2D eigenvalue weighted by molar-refractivity contribution is -0.384. The summed E-state index contributed by atoms with van der Waals surface area (Å²) in [6, 6.07) is 8.87. The lowest BCUT2D eigenvalue weighted by Gasteiger charge is -2.06. The van der Waals surface area contributed by atoms with Gasteiger partial charge < -0.3 is 5.32 Å². The maximum absolute atomic E-state index is 11.0. The van der Waals surface area contributed by atoms with Crippen LogP contribution in [0.1, 0.15) is 0 Å². The highest BCUT2D eigenvalue weighted by Crippen LogP contribution is 2.25. The molecule has 1 aromatic carbocycles. The Morgan fingerprint density at radius 3 is 3.00 bits per heavy atom. The number of nitro groups is 1. The number of hydrogen-bond donors (Lipinski definition) is 1. The van der Waals surface area contributed by atoms with Crippen molar-refractivity contribution in [3.05, 3.63) is 51.1 Å². The summed E-state index contributed by atoms with van der Waals surface area (Å²) < 4.78 is 2.16. The van der Waals surface area contributed by atoms with Crippen LogP contribution in [0.15, 0.2) is 41.0 Å². The van der Waals surface area contributed by atoms with Crippen molar-refractivity contribution in [2.45, 2.75) is 6.67 Å². The molecule has 3 aromatic rings. The third-order valence-electron chi connectivity index (χ3n) is 2.85. The van der Waals surface area contributed by atoms with E-state index >= 15 is 0 Å². The number of benzene rings is 1. The number of hydrogen-bond acceptors (Lipinski definition) is 6. The van der Waals surface area contributed by atoms with Crippen LogP contribution in [0.4, 0.5) is 11.5 Å². The molecule has 0 saturated carbocycles. The molecule has 0 atom stereocenters. The Morgan fingerprint density at radius 1 is 1.38 bits per heavy atom. The second kappa shape index (κ2) is 5.44. The molecule has 9 heteroatoms. The second-order valence-corrected chi connectivity index (χ2v) is 5.11. The number of halogens is 1. The third kappa shape index (κ3) is 2.68. The van der Waals surface area contributed by atoms with Gasteiger partial charge in [-0.1, -0.05) is 17.3 Å². The minimum Gasteiger partial charge on any atom is -0.345 e. The monoisotopic (exact) mass is 348 g/mol. The highest BCUT2D eigenvalue weighted by molar-refractivity contribution is 9.10. The van der Waals surface area contributed by atoms with Crippen LogP contribution < -0.4 is 5.32 Å². The summed E-state index contributed by atoms with van der Waals surface area (Å²) in [5.41, 5.74) is 1.50. The largest absolute Gasteiger partial charge is 0.345 e. The molecule has 0 unspecified atom stereocenters. The van der Waals surface area contributed by atoms with E-state index in [1.807, 2.05) is 24.3 Å². The zero-order valence-electron chi connectivity index (χ0n) is 10.6. The Bertz CT molecular complexity index is 818. The van der Waals surface area contributed by atoms with Crippen molar-refractivity contribution in [2.75, 3.05) is 5.32 Å². The Balaban J connectivity index is 1.87. The smallest absolute Gasteiger partial charge is 0.312 e. The van der Waals surface area contributed by atoms with Crippen LogP contribution >= 0.6 is 15.9 Å².